The molecule has 0 bridgehead atoms. The van der Waals surface area contributed by atoms with Crippen LogP contribution < -0.4 is 0 Å². The molecule has 0 aromatic heterocycles. The molecule has 0 unspecified atom stereocenters. The summed E-state index contributed by atoms with van der Waals surface area (Å²) in [4.78, 5) is 2.15. The lowest BCUT2D eigenvalue weighted by molar-refractivity contribution is 0.671. The molecule has 0 aromatic rings. The van der Waals surface area contributed by atoms with Crippen LogP contribution in [0.3, 0.4) is 0 Å². The minimum absolute atomic E-state index is 0.919. The van der Waals surface area contributed by atoms with Crippen LogP contribution in [0.1, 0.15) is 0 Å². The van der Waals surface area contributed by atoms with Gasteiger partial charge in [0, 0.05) is 7.94 Å². The summed E-state index contributed by atoms with van der Waals surface area (Å²) in [5.41, 5.74) is 0. The first-order valence-corrected chi connectivity index (χ1v) is 6.52. The van der Waals surface area contributed by atoms with Gasteiger partial charge in [-0.3, -0.25) is 0 Å². The zero-order chi connectivity index (χ0) is 6.78. The Hall–Kier alpha value is 0.242. The molecule has 8 heavy (non-hydrogen) atoms. The molecule has 0 rings (SSSR count). The van der Waals surface area contributed by atoms with E-state index in [0.29, 0.717) is 0 Å². The summed E-state index contributed by atoms with van der Waals surface area (Å²) in [6.45, 7) is 6.98. The lowest BCUT2D eigenvalue weighted by Crippen LogP contribution is -2.39. The predicted octanol–water partition coefficient (Wildman–Crippen LogP) is 1.00. The summed E-state index contributed by atoms with van der Waals surface area (Å²) in [5, 5.41) is 0. The van der Waals surface area contributed by atoms with E-state index in [1.807, 2.05) is 0 Å². The Labute approximate surface area is 54.3 Å². The second-order valence-electron chi connectivity index (χ2n) is 3.46. The molecule has 0 aliphatic carbocycles. The third kappa shape index (κ3) is 6.24. The number of nitrogens with zero attached hydrogens (tertiary/aromatic N) is 1. The number of hydrogen-bond acceptors (Lipinski definition) is 1. The Balaban J connectivity index is 3.39. The van der Waals surface area contributed by atoms with E-state index in [4.69, 9.17) is 0 Å². The molecule has 0 heterocycles. The zero-order valence-corrected chi connectivity index (χ0v) is 7.52. The van der Waals surface area contributed by atoms with Gasteiger partial charge in [0.1, 0.15) is 0 Å². The van der Waals surface area contributed by atoms with Crippen molar-refractivity contribution < 1.29 is 0 Å². The summed E-state index contributed by atoms with van der Waals surface area (Å²) in [6, 6.07) is 0. The normalized spacial score (nSPS) is 12.2. The average molecular weight is 128 g/mol. The minimum Gasteiger partial charge on any atom is -0.354 e. The summed E-state index contributed by atoms with van der Waals surface area (Å²) in [5.74, 6) is 0. The van der Waals surface area contributed by atoms with E-state index in [9.17, 15) is 0 Å². The average Bonchev–Trinajstić information content (AvgIpc) is 1.21. The van der Waals surface area contributed by atoms with Gasteiger partial charge in [0.15, 0.2) is 7.01 Å². The van der Waals surface area contributed by atoms with E-state index in [2.05, 4.69) is 45.6 Å². The highest BCUT2D eigenvalue weighted by Crippen LogP contribution is 1.96. The van der Waals surface area contributed by atoms with E-state index in [-0.39, 0.29) is 0 Å². The van der Waals surface area contributed by atoms with Crippen molar-refractivity contribution in [2.24, 2.45) is 0 Å². The summed E-state index contributed by atoms with van der Waals surface area (Å²) < 4.78 is 0. The van der Waals surface area contributed by atoms with E-state index < -0.39 is 7.94 Å². The van der Waals surface area contributed by atoms with Crippen molar-refractivity contribution in [3.63, 3.8) is 0 Å². The Morgan fingerprint density at radius 1 is 1.12 bits per heavy atom. The maximum atomic E-state index is 2.33. The van der Waals surface area contributed by atoms with Crippen LogP contribution >= 0.6 is 0 Å². The number of hydrogen-bond donors (Lipinski definition) is 0. The molecule has 0 fully saturated rings. The van der Waals surface area contributed by atoms with Gasteiger partial charge in [-0.15, -0.1) is 0 Å². The van der Waals surface area contributed by atoms with Crippen LogP contribution in [-0.4, -0.2) is 33.9 Å². The van der Waals surface area contributed by atoms with Gasteiger partial charge >= 0.3 is 0 Å². The van der Waals surface area contributed by atoms with Crippen molar-refractivity contribution in [2.75, 3.05) is 14.1 Å². The van der Waals surface area contributed by atoms with Gasteiger partial charge < -0.3 is 4.81 Å². The maximum Gasteiger partial charge on any atom is 0.196 e. The highest BCUT2D eigenvalue weighted by atomic mass is 28.3. The highest BCUT2D eigenvalue weighted by molar-refractivity contribution is 7.21. The molecule has 0 aliphatic heterocycles. The van der Waals surface area contributed by atoms with Gasteiger partial charge in [-0.05, 0) is 14.1 Å². The van der Waals surface area contributed by atoms with Gasteiger partial charge in [-0.25, -0.2) is 0 Å². The van der Waals surface area contributed by atoms with Crippen LogP contribution in [0, 0.1) is 0 Å². The zero-order valence-electron chi connectivity index (χ0n) is 6.52. The molecule has 0 saturated heterocycles. The number of rotatable bonds is 2. The van der Waals surface area contributed by atoms with Crippen molar-refractivity contribution in [3.05, 3.63) is 0 Å². The van der Waals surface area contributed by atoms with Gasteiger partial charge in [-0.2, -0.15) is 0 Å². The first kappa shape index (κ1) is 8.24. The molecule has 0 aliphatic rings. The van der Waals surface area contributed by atoms with Crippen LogP contribution in [0.25, 0.3) is 0 Å². The summed E-state index contributed by atoms with van der Waals surface area (Å²) >= 11 is 0. The largest absolute Gasteiger partial charge is 0.354 e. The topological polar surface area (TPSA) is 3.24 Å². The first-order valence-electron chi connectivity index (χ1n) is 2.94. The summed E-state index contributed by atoms with van der Waals surface area (Å²) in [7, 11) is 5.57. The van der Waals surface area contributed by atoms with Gasteiger partial charge in [-0.1, -0.05) is 19.6 Å². The Kier molecular flexibility index (Phi) is 2.77. The fourth-order valence-electron chi connectivity index (χ4n) is 0.775. The van der Waals surface area contributed by atoms with Crippen LogP contribution in [0.2, 0.25) is 19.6 Å². The Morgan fingerprint density at radius 2 is 1.50 bits per heavy atom. The molecule has 1 nitrogen and oxygen atoms in total. The third-order valence-electron chi connectivity index (χ3n) is 0.645. The van der Waals surface area contributed by atoms with E-state index in [1.54, 1.807) is 0 Å². The van der Waals surface area contributed by atoms with E-state index >= 15 is 0 Å². The first-order chi connectivity index (χ1) is 3.42. The van der Waals surface area contributed by atoms with E-state index in [0.717, 1.165) is 0 Å². The smallest absolute Gasteiger partial charge is 0.196 e. The van der Waals surface area contributed by atoms with Gasteiger partial charge in [0.2, 0.25) is 0 Å². The highest BCUT2D eigenvalue weighted by Gasteiger charge is 2.15. The lowest BCUT2D eigenvalue weighted by Gasteiger charge is -2.18. The van der Waals surface area contributed by atoms with Crippen LogP contribution in [0.5, 0.6) is 0 Å². The fourth-order valence-corrected chi connectivity index (χ4v) is 2.32. The Bertz CT molecular complexity index is 67.3. The molecule has 0 aromatic carbocycles. The van der Waals surface area contributed by atoms with E-state index in [1.165, 1.54) is 0 Å². The van der Waals surface area contributed by atoms with Gasteiger partial charge in [0.25, 0.3) is 0 Å². The maximum absolute atomic E-state index is 2.33. The van der Waals surface area contributed by atoms with Gasteiger partial charge in [0.05, 0.1) is 0 Å². The molecule has 0 N–H and O–H groups in total. The quantitative estimate of drug-likeness (QED) is 0.501. The van der Waals surface area contributed by atoms with Crippen LogP contribution in [-0.2, 0) is 0 Å². The van der Waals surface area contributed by atoms with Crippen molar-refractivity contribution in [3.8, 4) is 0 Å². The van der Waals surface area contributed by atoms with Crippen molar-refractivity contribution in [1.82, 2.24) is 4.81 Å². The lowest BCUT2D eigenvalue weighted by atomic mass is 10.3. The van der Waals surface area contributed by atoms with Crippen LogP contribution in [0.15, 0.2) is 0 Å². The minimum atomic E-state index is -0.919. The molecule has 0 amide bonds. The second-order valence-corrected chi connectivity index (χ2v) is 8.45. The monoisotopic (exact) mass is 128 g/mol. The molecular weight excluding hydrogens is 113 g/mol. The SMILES string of the molecule is CN(C)[B][Si](C)(C)C. The molecule has 0 atom stereocenters. The molecule has 1 radical (unpaired) electrons. The van der Waals surface area contributed by atoms with Crippen molar-refractivity contribution in [1.29, 1.82) is 0 Å². The van der Waals surface area contributed by atoms with Crippen molar-refractivity contribution >= 4 is 15.0 Å². The predicted molar refractivity (Wildman–Crippen MR) is 42.8 cm³/mol. The second kappa shape index (κ2) is 2.69. The molecule has 0 saturated carbocycles. The van der Waals surface area contributed by atoms with Crippen LogP contribution in [0.4, 0.5) is 0 Å². The molecule has 3 heteroatoms. The third-order valence-corrected chi connectivity index (χ3v) is 1.94. The fraction of sp³-hybridized carbons (Fsp3) is 1.00. The van der Waals surface area contributed by atoms with Crippen molar-refractivity contribution in [2.45, 2.75) is 19.6 Å². The Morgan fingerprint density at radius 3 is 1.50 bits per heavy atom. The standard InChI is InChI=1S/C5H15BNSi/c1-7(2)6-8(3,4)5/h1-5H3. The summed E-state index contributed by atoms with van der Waals surface area (Å²) in [6.07, 6.45) is 0. The molecule has 47 valence electrons. The molecule has 0 spiro atoms. The molecular formula is C5H15BNSi.